The van der Waals surface area contributed by atoms with Gasteiger partial charge >= 0.3 is 5.97 Å². The third-order valence-corrected chi connectivity index (χ3v) is 2.78. The number of carbonyl (C=O) groups is 2. The molecule has 0 aliphatic rings. The standard InChI is InChI=1S/C14H12ClNO4/c1-8-2-3-12(20-8)7-13(17)16-11-5-9(14(18)19)4-10(15)6-11/h2-6H,7H2,1H3,(H,16,17)(H,18,19). The first-order chi connectivity index (χ1) is 9.44. The molecule has 2 N–H and O–H groups in total. The first kappa shape index (κ1) is 14.1. The van der Waals surface area contributed by atoms with Crippen LogP contribution in [-0.2, 0) is 11.2 Å². The number of hydrogen-bond donors (Lipinski definition) is 2. The molecular weight excluding hydrogens is 282 g/mol. The molecule has 104 valence electrons. The highest BCUT2D eigenvalue weighted by Gasteiger charge is 2.10. The SMILES string of the molecule is Cc1ccc(CC(=O)Nc2cc(Cl)cc(C(=O)O)c2)o1. The number of aromatic carboxylic acids is 1. The summed E-state index contributed by atoms with van der Waals surface area (Å²) in [7, 11) is 0. The summed E-state index contributed by atoms with van der Waals surface area (Å²) < 4.78 is 5.30. The Kier molecular flexibility index (Phi) is 4.10. The van der Waals surface area contributed by atoms with Crippen LogP contribution < -0.4 is 5.32 Å². The van der Waals surface area contributed by atoms with E-state index in [0.717, 1.165) is 5.76 Å². The van der Waals surface area contributed by atoms with Gasteiger partial charge in [0.15, 0.2) is 0 Å². The molecule has 1 aromatic carbocycles. The van der Waals surface area contributed by atoms with Crippen molar-refractivity contribution in [3.05, 3.63) is 52.4 Å². The first-order valence-corrected chi connectivity index (χ1v) is 6.21. The van der Waals surface area contributed by atoms with E-state index in [2.05, 4.69) is 5.32 Å². The van der Waals surface area contributed by atoms with E-state index in [1.54, 1.807) is 19.1 Å². The van der Waals surface area contributed by atoms with Gasteiger partial charge in [0.2, 0.25) is 5.91 Å². The Morgan fingerprint density at radius 3 is 2.65 bits per heavy atom. The first-order valence-electron chi connectivity index (χ1n) is 5.83. The number of carbonyl (C=O) groups excluding carboxylic acids is 1. The van der Waals surface area contributed by atoms with Crippen LogP contribution in [0.15, 0.2) is 34.7 Å². The zero-order valence-electron chi connectivity index (χ0n) is 10.6. The predicted molar refractivity (Wildman–Crippen MR) is 74.2 cm³/mol. The van der Waals surface area contributed by atoms with E-state index >= 15 is 0 Å². The fourth-order valence-electron chi connectivity index (χ4n) is 1.73. The van der Waals surface area contributed by atoms with Gasteiger partial charge < -0.3 is 14.8 Å². The predicted octanol–water partition coefficient (Wildman–Crippen LogP) is 3.12. The molecule has 0 radical (unpaired) electrons. The van der Waals surface area contributed by atoms with Gasteiger partial charge in [0.1, 0.15) is 11.5 Å². The number of rotatable bonds is 4. The van der Waals surface area contributed by atoms with E-state index in [9.17, 15) is 9.59 Å². The van der Waals surface area contributed by atoms with E-state index in [0.29, 0.717) is 11.4 Å². The minimum absolute atomic E-state index is 0.0154. The van der Waals surface area contributed by atoms with E-state index in [4.69, 9.17) is 21.1 Å². The largest absolute Gasteiger partial charge is 0.478 e. The highest BCUT2D eigenvalue weighted by Crippen LogP contribution is 2.19. The van der Waals surface area contributed by atoms with E-state index in [1.165, 1.54) is 18.2 Å². The molecule has 6 heteroatoms. The number of amides is 1. The van der Waals surface area contributed by atoms with Gasteiger partial charge in [-0.15, -0.1) is 0 Å². The molecule has 0 atom stereocenters. The van der Waals surface area contributed by atoms with Crippen molar-refractivity contribution in [1.82, 2.24) is 0 Å². The van der Waals surface area contributed by atoms with E-state index in [-0.39, 0.29) is 22.9 Å². The molecule has 0 fully saturated rings. The average Bonchev–Trinajstić information content (AvgIpc) is 2.73. The summed E-state index contributed by atoms with van der Waals surface area (Å²) in [5, 5.41) is 11.8. The quantitative estimate of drug-likeness (QED) is 0.907. The van der Waals surface area contributed by atoms with Crippen molar-refractivity contribution in [2.45, 2.75) is 13.3 Å². The Labute approximate surface area is 120 Å². The Balaban J connectivity index is 2.09. The zero-order valence-corrected chi connectivity index (χ0v) is 11.4. The second-order valence-corrected chi connectivity index (χ2v) is 4.71. The van der Waals surface area contributed by atoms with Gasteiger partial charge in [0.05, 0.1) is 12.0 Å². The third kappa shape index (κ3) is 3.61. The summed E-state index contributed by atoms with van der Waals surface area (Å²) in [6, 6.07) is 7.63. The van der Waals surface area contributed by atoms with Gasteiger partial charge in [0.25, 0.3) is 0 Å². The zero-order chi connectivity index (χ0) is 14.7. The topological polar surface area (TPSA) is 79.5 Å². The van der Waals surface area contributed by atoms with Crippen LogP contribution in [0.3, 0.4) is 0 Å². The molecule has 2 rings (SSSR count). The lowest BCUT2D eigenvalue weighted by Gasteiger charge is -2.06. The summed E-state index contributed by atoms with van der Waals surface area (Å²) >= 11 is 5.81. The van der Waals surface area contributed by atoms with Gasteiger partial charge in [0, 0.05) is 10.7 Å². The molecule has 0 saturated heterocycles. The molecule has 1 heterocycles. The molecule has 0 bridgehead atoms. The lowest BCUT2D eigenvalue weighted by Crippen LogP contribution is -2.14. The maximum Gasteiger partial charge on any atom is 0.335 e. The van der Waals surface area contributed by atoms with Crippen molar-refractivity contribution >= 4 is 29.2 Å². The van der Waals surface area contributed by atoms with Gasteiger partial charge in [-0.2, -0.15) is 0 Å². The fourth-order valence-corrected chi connectivity index (χ4v) is 1.96. The van der Waals surface area contributed by atoms with Crippen LogP contribution >= 0.6 is 11.6 Å². The molecule has 5 nitrogen and oxygen atoms in total. The molecule has 1 aromatic heterocycles. The molecule has 1 amide bonds. The van der Waals surface area contributed by atoms with Gasteiger partial charge in [-0.05, 0) is 37.3 Å². The highest BCUT2D eigenvalue weighted by molar-refractivity contribution is 6.31. The lowest BCUT2D eigenvalue weighted by molar-refractivity contribution is -0.115. The highest BCUT2D eigenvalue weighted by atomic mass is 35.5. The number of halogens is 1. The number of anilines is 1. The van der Waals surface area contributed by atoms with Gasteiger partial charge in [-0.1, -0.05) is 11.6 Å². The smallest absolute Gasteiger partial charge is 0.335 e. The molecular formula is C14H12ClNO4. The molecule has 0 unspecified atom stereocenters. The number of carboxylic acids is 1. The minimum atomic E-state index is -1.11. The Morgan fingerprint density at radius 1 is 1.30 bits per heavy atom. The number of aryl methyl sites for hydroxylation is 1. The van der Waals surface area contributed by atoms with Crippen molar-refractivity contribution in [1.29, 1.82) is 0 Å². The van der Waals surface area contributed by atoms with E-state index in [1.807, 2.05) is 0 Å². The molecule has 20 heavy (non-hydrogen) atoms. The van der Waals surface area contributed by atoms with Crippen molar-refractivity contribution in [3.8, 4) is 0 Å². The van der Waals surface area contributed by atoms with Crippen LogP contribution in [0.4, 0.5) is 5.69 Å². The maximum atomic E-state index is 11.8. The monoisotopic (exact) mass is 293 g/mol. The molecule has 0 spiro atoms. The molecule has 0 saturated carbocycles. The maximum absolute atomic E-state index is 11.8. The van der Waals surface area contributed by atoms with Crippen molar-refractivity contribution in [2.24, 2.45) is 0 Å². The van der Waals surface area contributed by atoms with Crippen molar-refractivity contribution in [2.75, 3.05) is 5.32 Å². The second kappa shape index (κ2) is 5.79. The molecule has 0 aliphatic carbocycles. The molecule has 2 aromatic rings. The Bertz CT molecular complexity index is 663. The van der Waals surface area contributed by atoms with Crippen LogP contribution in [-0.4, -0.2) is 17.0 Å². The van der Waals surface area contributed by atoms with Crippen LogP contribution in [0.1, 0.15) is 21.9 Å². The summed E-state index contributed by atoms with van der Waals surface area (Å²) in [5.41, 5.74) is 0.352. The summed E-state index contributed by atoms with van der Waals surface area (Å²) in [5.74, 6) is -0.146. The van der Waals surface area contributed by atoms with Crippen molar-refractivity contribution < 1.29 is 19.1 Å². The molecule has 0 aliphatic heterocycles. The lowest BCUT2D eigenvalue weighted by atomic mass is 10.2. The number of benzene rings is 1. The summed E-state index contributed by atoms with van der Waals surface area (Å²) in [6.45, 7) is 1.79. The van der Waals surface area contributed by atoms with E-state index < -0.39 is 5.97 Å². The van der Waals surface area contributed by atoms with Crippen LogP contribution in [0.25, 0.3) is 0 Å². The average molecular weight is 294 g/mol. The second-order valence-electron chi connectivity index (χ2n) is 4.27. The van der Waals surface area contributed by atoms with Crippen LogP contribution in [0.5, 0.6) is 0 Å². The van der Waals surface area contributed by atoms with Crippen molar-refractivity contribution in [3.63, 3.8) is 0 Å². The number of carboxylic acid groups (broad SMARTS) is 1. The minimum Gasteiger partial charge on any atom is -0.478 e. The Hall–Kier alpha value is -2.27. The summed E-state index contributed by atoms with van der Waals surface area (Å²) in [6.07, 6.45) is 0.0722. The summed E-state index contributed by atoms with van der Waals surface area (Å²) in [4.78, 5) is 22.7. The van der Waals surface area contributed by atoms with Gasteiger partial charge in [-0.3, -0.25) is 4.79 Å². The fraction of sp³-hybridized carbons (Fsp3) is 0.143. The Morgan fingerprint density at radius 2 is 2.05 bits per heavy atom. The number of furan rings is 1. The van der Waals surface area contributed by atoms with Crippen LogP contribution in [0, 0.1) is 6.92 Å². The van der Waals surface area contributed by atoms with Crippen LogP contribution in [0.2, 0.25) is 5.02 Å². The normalized spacial score (nSPS) is 10.3. The van der Waals surface area contributed by atoms with Gasteiger partial charge in [-0.25, -0.2) is 4.79 Å². The number of nitrogens with one attached hydrogen (secondary N) is 1. The third-order valence-electron chi connectivity index (χ3n) is 2.56. The number of hydrogen-bond acceptors (Lipinski definition) is 3.